The van der Waals surface area contributed by atoms with Gasteiger partial charge in [-0.3, -0.25) is 9.59 Å². The molecule has 0 bridgehead atoms. The molecule has 1 unspecified atom stereocenters. The van der Waals surface area contributed by atoms with Crippen LogP contribution >= 0.6 is 12.4 Å². The Morgan fingerprint density at radius 2 is 2.14 bits per heavy atom. The molecular weight excluding hydrogens is 297 g/mol. The maximum atomic E-state index is 14.1. The normalized spacial score (nSPS) is 20.6. The second-order valence-corrected chi connectivity index (χ2v) is 5.34. The van der Waals surface area contributed by atoms with Crippen molar-refractivity contribution in [2.45, 2.75) is 25.3 Å². The molecule has 0 radical (unpaired) electrons. The Bertz CT molecular complexity index is 594. The number of likely N-dealkylation sites (tertiary alicyclic amines) is 1. The van der Waals surface area contributed by atoms with Crippen molar-refractivity contribution < 1.29 is 14.0 Å². The highest BCUT2D eigenvalue weighted by atomic mass is 35.5. The van der Waals surface area contributed by atoms with Crippen molar-refractivity contribution in [1.82, 2.24) is 4.90 Å². The molecule has 7 heteroatoms. The van der Waals surface area contributed by atoms with Crippen LogP contribution in [-0.2, 0) is 11.2 Å². The molecule has 2 aliphatic rings. The van der Waals surface area contributed by atoms with Crippen molar-refractivity contribution in [3.8, 4) is 0 Å². The predicted octanol–water partition coefficient (Wildman–Crippen LogP) is 1.31. The summed E-state index contributed by atoms with van der Waals surface area (Å²) in [6.45, 7) is 1.03. The Morgan fingerprint density at radius 1 is 1.38 bits per heavy atom. The molecule has 3 N–H and O–H groups in total. The summed E-state index contributed by atoms with van der Waals surface area (Å²) in [7, 11) is 0. The lowest BCUT2D eigenvalue weighted by Gasteiger charge is -2.20. The summed E-state index contributed by atoms with van der Waals surface area (Å²) in [6.07, 6.45) is 1.64. The minimum Gasteiger partial charge on any atom is -0.337 e. The van der Waals surface area contributed by atoms with Crippen molar-refractivity contribution in [3.63, 3.8) is 0 Å². The molecular formula is C14H17ClFN3O2. The molecule has 1 aromatic carbocycles. The van der Waals surface area contributed by atoms with Crippen LogP contribution in [0.4, 0.5) is 10.1 Å². The second-order valence-electron chi connectivity index (χ2n) is 5.34. The van der Waals surface area contributed by atoms with E-state index in [1.807, 2.05) is 0 Å². The van der Waals surface area contributed by atoms with Crippen LogP contribution in [-0.4, -0.2) is 35.8 Å². The van der Waals surface area contributed by atoms with Gasteiger partial charge in [0.1, 0.15) is 5.82 Å². The van der Waals surface area contributed by atoms with Crippen LogP contribution in [0.15, 0.2) is 12.1 Å². The van der Waals surface area contributed by atoms with Gasteiger partial charge in [-0.15, -0.1) is 12.4 Å². The average Bonchev–Trinajstić information content (AvgIpc) is 2.84. The monoisotopic (exact) mass is 313 g/mol. The minimum atomic E-state index is -0.601. The first-order chi connectivity index (χ1) is 9.54. The first kappa shape index (κ1) is 15.7. The van der Waals surface area contributed by atoms with E-state index in [0.717, 1.165) is 12.0 Å². The molecule has 0 spiro atoms. The van der Waals surface area contributed by atoms with Gasteiger partial charge < -0.3 is 16.0 Å². The molecule has 114 valence electrons. The van der Waals surface area contributed by atoms with Gasteiger partial charge in [-0.05, 0) is 30.5 Å². The highest BCUT2D eigenvalue weighted by Gasteiger charge is 2.28. The zero-order valence-corrected chi connectivity index (χ0v) is 12.2. The number of halogens is 2. The summed E-state index contributed by atoms with van der Waals surface area (Å²) in [6, 6.07) is 2.75. The number of fused-ring (bicyclic) bond motifs is 1. The Morgan fingerprint density at radius 3 is 2.81 bits per heavy atom. The third-order valence-electron chi connectivity index (χ3n) is 3.83. The Balaban J connectivity index is 0.00000161. The molecule has 21 heavy (non-hydrogen) atoms. The van der Waals surface area contributed by atoms with E-state index in [0.29, 0.717) is 31.6 Å². The second kappa shape index (κ2) is 5.99. The summed E-state index contributed by atoms with van der Waals surface area (Å²) in [4.78, 5) is 25.2. The molecule has 0 aromatic heterocycles. The van der Waals surface area contributed by atoms with E-state index in [4.69, 9.17) is 5.73 Å². The van der Waals surface area contributed by atoms with Gasteiger partial charge in [0, 0.05) is 31.2 Å². The van der Waals surface area contributed by atoms with Gasteiger partial charge >= 0.3 is 0 Å². The lowest BCUT2D eigenvalue weighted by atomic mass is 9.99. The number of benzene rings is 1. The minimum absolute atomic E-state index is 0. The van der Waals surface area contributed by atoms with Crippen LogP contribution in [0, 0.1) is 5.82 Å². The Kier molecular flexibility index (Phi) is 4.49. The topological polar surface area (TPSA) is 75.4 Å². The lowest BCUT2D eigenvalue weighted by Crippen LogP contribution is -2.32. The van der Waals surface area contributed by atoms with Crippen molar-refractivity contribution in [2.24, 2.45) is 5.73 Å². The van der Waals surface area contributed by atoms with E-state index < -0.39 is 5.82 Å². The van der Waals surface area contributed by atoms with E-state index in [9.17, 15) is 14.0 Å². The third-order valence-corrected chi connectivity index (χ3v) is 3.83. The molecule has 1 saturated heterocycles. The molecule has 2 aliphatic heterocycles. The first-order valence-electron chi connectivity index (χ1n) is 6.71. The van der Waals surface area contributed by atoms with Gasteiger partial charge in [-0.25, -0.2) is 4.39 Å². The quantitative estimate of drug-likeness (QED) is 0.820. The molecule has 1 fully saturated rings. The van der Waals surface area contributed by atoms with Crippen molar-refractivity contribution in [3.05, 3.63) is 29.1 Å². The lowest BCUT2D eigenvalue weighted by molar-refractivity contribution is -0.116. The van der Waals surface area contributed by atoms with Crippen LogP contribution in [0.3, 0.4) is 0 Å². The fraction of sp³-hybridized carbons (Fsp3) is 0.429. The number of hydrogen-bond donors (Lipinski definition) is 2. The zero-order valence-electron chi connectivity index (χ0n) is 11.4. The standard InChI is InChI=1S/C14H16FN3O2.ClH/c15-11-6-12-8(1-2-13(19)17-12)5-10(11)14(20)18-4-3-9(16)7-18;/h5-6,9H,1-4,7,16H2,(H,17,19);1H. The number of nitrogens with one attached hydrogen (secondary N) is 1. The molecule has 3 rings (SSSR count). The van der Waals surface area contributed by atoms with Gasteiger partial charge in [-0.1, -0.05) is 0 Å². The summed E-state index contributed by atoms with van der Waals surface area (Å²) in [5.74, 6) is -1.05. The highest BCUT2D eigenvalue weighted by Crippen LogP contribution is 2.27. The Labute approximate surface area is 128 Å². The average molecular weight is 314 g/mol. The van der Waals surface area contributed by atoms with Gasteiger partial charge in [0.25, 0.3) is 5.91 Å². The number of aryl methyl sites for hydroxylation is 1. The molecule has 2 amide bonds. The molecule has 2 heterocycles. The van der Waals surface area contributed by atoms with Crippen molar-refractivity contribution in [1.29, 1.82) is 0 Å². The SMILES string of the molecule is Cl.NC1CCN(C(=O)c2cc3c(cc2F)NC(=O)CC3)C1. The number of nitrogens with zero attached hydrogens (tertiary/aromatic N) is 1. The van der Waals surface area contributed by atoms with Gasteiger partial charge in [0.2, 0.25) is 5.91 Å². The van der Waals surface area contributed by atoms with E-state index in [2.05, 4.69) is 5.32 Å². The largest absolute Gasteiger partial charge is 0.337 e. The zero-order chi connectivity index (χ0) is 14.3. The molecule has 1 atom stereocenters. The maximum absolute atomic E-state index is 14.1. The first-order valence-corrected chi connectivity index (χ1v) is 6.71. The van der Waals surface area contributed by atoms with E-state index in [-0.39, 0.29) is 35.8 Å². The van der Waals surface area contributed by atoms with Gasteiger partial charge in [0.05, 0.1) is 5.56 Å². The molecule has 1 aromatic rings. The van der Waals surface area contributed by atoms with Crippen LogP contribution in [0.25, 0.3) is 0 Å². The smallest absolute Gasteiger partial charge is 0.256 e. The third kappa shape index (κ3) is 3.01. The number of carbonyl (C=O) groups is 2. The van der Waals surface area contributed by atoms with E-state index in [1.54, 1.807) is 11.0 Å². The predicted molar refractivity (Wildman–Crippen MR) is 79.1 cm³/mol. The summed E-state index contributed by atoms with van der Waals surface area (Å²) < 4.78 is 14.1. The van der Waals surface area contributed by atoms with Crippen molar-refractivity contribution >= 4 is 29.9 Å². The number of carbonyl (C=O) groups excluding carboxylic acids is 2. The Hall–Kier alpha value is -1.66. The van der Waals surface area contributed by atoms with Gasteiger partial charge in [-0.2, -0.15) is 0 Å². The van der Waals surface area contributed by atoms with Gasteiger partial charge in [0.15, 0.2) is 0 Å². The number of nitrogens with two attached hydrogens (primary N) is 1. The van der Waals surface area contributed by atoms with Crippen LogP contribution < -0.4 is 11.1 Å². The molecule has 0 aliphatic carbocycles. The number of hydrogen-bond acceptors (Lipinski definition) is 3. The number of rotatable bonds is 1. The fourth-order valence-corrected chi connectivity index (χ4v) is 2.71. The summed E-state index contributed by atoms with van der Waals surface area (Å²) in [5.41, 5.74) is 7.10. The van der Waals surface area contributed by atoms with E-state index >= 15 is 0 Å². The van der Waals surface area contributed by atoms with Crippen LogP contribution in [0.5, 0.6) is 0 Å². The number of amides is 2. The fourth-order valence-electron chi connectivity index (χ4n) is 2.71. The van der Waals surface area contributed by atoms with E-state index in [1.165, 1.54) is 6.07 Å². The van der Waals surface area contributed by atoms with Crippen LogP contribution in [0.2, 0.25) is 0 Å². The maximum Gasteiger partial charge on any atom is 0.256 e. The highest BCUT2D eigenvalue weighted by molar-refractivity contribution is 5.98. The summed E-state index contributed by atoms with van der Waals surface area (Å²) >= 11 is 0. The summed E-state index contributed by atoms with van der Waals surface area (Å²) in [5, 5.41) is 2.62. The molecule has 0 saturated carbocycles. The van der Waals surface area contributed by atoms with Crippen molar-refractivity contribution in [2.75, 3.05) is 18.4 Å². The molecule has 5 nitrogen and oxygen atoms in total. The van der Waals surface area contributed by atoms with Crippen LogP contribution in [0.1, 0.15) is 28.8 Å². The number of anilines is 1.